The Bertz CT molecular complexity index is 1300. The summed E-state index contributed by atoms with van der Waals surface area (Å²) in [6.45, 7) is 0.328. The number of aromatic carboxylic acids is 1. The van der Waals surface area contributed by atoms with Gasteiger partial charge in [-0.15, -0.1) is 0 Å². The van der Waals surface area contributed by atoms with Crippen molar-refractivity contribution in [3.05, 3.63) is 108 Å². The van der Waals surface area contributed by atoms with Gasteiger partial charge in [0, 0.05) is 11.6 Å². The van der Waals surface area contributed by atoms with E-state index in [1.54, 1.807) is 30.3 Å². The largest absolute Gasteiger partial charge is 0.486 e. The molecule has 0 atom stereocenters. The molecule has 1 amide bonds. The fourth-order valence-electron chi connectivity index (χ4n) is 4.11. The molecule has 7 nitrogen and oxygen atoms in total. The molecule has 3 aromatic carbocycles. The monoisotopic (exact) mass is 455 g/mol. The lowest BCUT2D eigenvalue weighted by molar-refractivity contribution is 0.0658. The molecule has 0 saturated carbocycles. The molecule has 0 saturated heterocycles. The number of amides is 1. The Labute approximate surface area is 195 Å². The third-order valence-corrected chi connectivity index (χ3v) is 5.70. The number of fused-ring (bicyclic) bond motifs is 3. The highest BCUT2D eigenvalue weighted by molar-refractivity contribution is 5.85. The molecule has 5 rings (SSSR count). The number of benzene rings is 3. The zero-order valence-corrected chi connectivity index (χ0v) is 18.1. The van der Waals surface area contributed by atoms with Gasteiger partial charge in [0.1, 0.15) is 24.7 Å². The molecule has 0 spiro atoms. The van der Waals surface area contributed by atoms with Crippen LogP contribution in [0.5, 0.6) is 5.75 Å². The van der Waals surface area contributed by atoms with Crippen molar-refractivity contribution in [1.82, 2.24) is 0 Å². The third-order valence-electron chi connectivity index (χ3n) is 5.70. The number of hydrogen-bond donors (Lipinski definition) is 2. The van der Waals surface area contributed by atoms with Crippen LogP contribution in [0.2, 0.25) is 0 Å². The van der Waals surface area contributed by atoms with Gasteiger partial charge in [0.2, 0.25) is 5.76 Å². The second kappa shape index (κ2) is 9.15. The lowest BCUT2D eigenvalue weighted by atomic mass is 9.98. The van der Waals surface area contributed by atoms with E-state index in [-0.39, 0.29) is 24.9 Å². The second-order valence-corrected chi connectivity index (χ2v) is 7.83. The first-order chi connectivity index (χ1) is 16.6. The molecule has 1 aromatic heterocycles. The molecule has 170 valence electrons. The minimum Gasteiger partial charge on any atom is -0.486 e. The molecular formula is C27H21NO6. The standard InChI is InChI=1S/C27H21NO6/c29-26(30)25-14-13-19(34-25)15-32-18-11-9-17(10-12-18)28-27(31)33-16-24-22-7-3-1-5-20(22)21-6-2-4-8-23(21)24/h1-14,24H,15-16H2,(H,28,31)(H,29,30). The van der Waals surface area contributed by atoms with Gasteiger partial charge in [0.05, 0.1) is 0 Å². The van der Waals surface area contributed by atoms with Crippen LogP contribution >= 0.6 is 0 Å². The van der Waals surface area contributed by atoms with E-state index in [4.69, 9.17) is 19.0 Å². The molecule has 0 fully saturated rings. The zero-order chi connectivity index (χ0) is 23.5. The summed E-state index contributed by atoms with van der Waals surface area (Å²) < 4.78 is 16.3. The first-order valence-corrected chi connectivity index (χ1v) is 10.8. The summed E-state index contributed by atoms with van der Waals surface area (Å²) in [6, 6.07) is 26.1. The molecule has 1 aliphatic rings. The Morgan fingerprint density at radius 2 is 1.50 bits per heavy atom. The molecule has 1 aliphatic carbocycles. The number of carbonyl (C=O) groups is 2. The number of rotatable bonds is 7. The minimum absolute atomic E-state index is 0.00262. The van der Waals surface area contributed by atoms with E-state index in [0.717, 1.165) is 11.1 Å². The lowest BCUT2D eigenvalue weighted by Crippen LogP contribution is -2.17. The number of anilines is 1. The summed E-state index contributed by atoms with van der Waals surface area (Å²) in [5.74, 6) is -0.321. The Morgan fingerprint density at radius 1 is 0.853 bits per heavy atom. The van der Waals surface area contributed by atoms with Crippen LogP contribution in [0.3, 0.4) is 0 Å². The molecule has 0 bridgehead atoms. The molecule has 1 heterocycles. The van der Waals surface area contributed by atoms with Gasteiger partial charge in [-0.1, -0.05) is 48.5 Å². The van der Waals surface area contributed by atoms with Crippen molar-refractivity contribution in [3.63, 3.8) is 0 Å². The minimum atomic E-state index is -1.13. The summed E-state index contributed by atoms with van der Waals surface area (Å²) in [7, 11) is 0. The Kier molecular flexibility index (Phi) is 5.74. The average Bonchev–Trinajstić information content (AvgIpc) is 3.46. The topological polar surface area (TPSA) is 98.0 Å². The zero-order valence-electron chi connectivity index (χ0n) is 18.1. The van der Waals surface area contributed by atoms with E-state index in [1.165, 1.54) is 17.2 Å². The fourth-order valence-corrected chi connectivity index (χ4v) is 4.11. The Hall–Kier alpha value is -4.52. The first kappa shape index (κ1) is 21.3. The van der Waals surface area contributed by atoms with Crippen molar-refractivity contribution in [2.45, 2.75) is 12.5 Å². The maximum absolute atomic E-state index is 12.4. The van der Waals surface area contributed by atoms with Crippen molar-refractivity contribution in [2.75, 3.05) is 11.9 Å². The van der Waals surface area contributed by atoms with Gasteiger partial charge in [-0.05, 0) is 58.7 Å². The smallest absolute Gasteiger partial charge is 0.411 e. The molecule has 2 N–H and O–H groups in total. The van der Waals surface area contributed by atoms with Crippen molar-refractivity contribution < 1.29 is 28.6 Å². The van der Waals surface area contributed by atoms with Gasteiger partial charge in [0.15, 0.2) is 0 Å². The first-order valence-electron chi connectivity index (χ1n) is 10.8. The third kappa shape index (κ3) is 4.36. The number of furan rings is 1. The maximum Gasteiger partial charge on any atom is 0.411 e. The number of carbonyl (C=O) groups excluding carboxylic acids is 1. The van der Waals surface area contributed by atoms with Crippen LogP contribution in [0.15, 0.2) is 89.3 Å². The quantitative estimate of drug-likeness (QED) is 0.359. The molecular weight excluding hydrogens is 434 g/mol. The van der Waals surface area contributed by atoms with E-state index in [9.17, 15) is 9.59 Å². The SMILES string of the molecule is O=C(Nc1ccc(OCc2ccc(C(=O)O)o2)cc1)OCC1c2ccccc2-c2ccccc21. The van der Waals surface area contributed by atoms with Gasteiger partial charge < -0.3 is 19.0 Å². The van der Waals surface area contributed by atoms with Gasteiger partial charge >= 0.3 is 12.1 Å². The number of hydrogen-bond acceptors (Lipinski definition) is 5. The molecule has 0 unspecified atom stereocenters. The highest BCUT2D eigenvalue weighted by atomic mass is 16.5. The van der Waals surface area contributed by atoms with Gasteiger partial charge in [-0.3, -0.25) is 5.32 Å². The van der Waals surface area contributed by atoms with Crippen LogP contribution in [0, 0.1) is 0 Å². The van der Waals surface area contributed by atoms with Gasteiger partial charge in [-0.25, -0.2) is 9.59 Å². The van der Waals surface area contributed by atoms with Gasteiger partial charge in [-0.2, -0.15) is 0 Å². The van der Waals surface area contributed by atoms with Crippen LogP contribution in [0.4, 0.5) is 10.5 Å². The summed E-state index contributed by atoms with van der Waals surface area (Å²) in [5.41, 5.74) is 5.23. The van der Waals surface area contributed by atoms with Crippen molar-refractivity contribution in [3.8, 4) is 16.9 Å². The van der Waals surface area contributed by atoms with E-state index in [1.807, 2.05) is 24.3 Å². The number of carboxylic acid groups (broad SMARTS) is 1. The summed E-state index contributed by atoms with van der Waals surface area (Å²) in [5, 5.41) is 11.6. The number of carboxylic acids is 1. The highest BCUT2D eigenvalue weighted by Gasteiger charge is 2.29. The van der Waals surface area contributed by atoms with Crippen molar-refractivity contribution in [1.29, 1.82) is 0 Å². The van der Waals surface area contributed by atoms with E-state index < -0.39 is 12.1 Å². The summed E-state index contributed by atoms with van der Waals surface area (Å²) in [6.07, 6.45) is -0.535. The Morgan fingerprint density at radius 3 is 2.12 bits per heavy atom. The molecule has 0 radical (unpaired) electrons. The predicted octanol–water partition coefficient (Wildman–Crippen LogP) is 5.92. The lowest BCUT2D eigenvalue weighted by Gasteiger charge is -2.14. The fraction of sp³-hybridized carbons (Fsp3) is 0.111. The summed E-state index contributed by atoms with van der Waals surface area (Å²) >= 11 is 0. The van der Waals surface area contributed by atoms with Crippen LogP contribution < -0.4 is 10.1 Å². The van der Waals surface area contributed by atoms with Crippen molar-refractivity contribution >= 4 is 17.7 Å². The normalized spacial score (nSPS) is 12.0. The number of nitrogens with one attached hydrogen (secondary N) is 1. The molecule has 34 heavy (non-hydrogen) atoms. The highest BCUT2D eigenvalue weighted by Crippen LogP contribution is 2.44. The average molecular weight is 455 g/mol. The Balaban J connectivity index is 1.16. The van der Waals surface area contributed by atoms with E-state index >= 15 is 0 Å². The molecule has 4 aromatic rings. The number of ether oxygens (including phenoxy) is 2. The van der Waals surface area contributed by atoms with E-state index in [2.05, 4.69) is 29.6 Å². The summed E-state index contributed by atoms with van der Waals surface area (Å²) in [4.78, 5) is 23.3. The maximum atomic E-state index is 12.4. The van der Waals surface area contributed by atoms with Crippen LogP contribution in [-0.2, 0) is 11.3 Å². The van der Waals surface area contributed by atoms with Gasteiger partial charge in [0.25, 0.3) is 0 Å². The van der Waals surface area contributed by atoms with Crippen molar-refractivity contribution in [2.24, 2.45) is 0 Å². The molecule has 7 heteroatoms. The van der Waals surface area contributed by atoms with Crippen LogP contribution in [0.1, 0.15) is 33.4 Å². The predicted molar refractivity (Wildman–Crippen MR) is 125 cm³/mol. The molecule has 0 aliphatic heterocycles. The van der Waals surface area contributed by atoms with Crippen LogP contribution in [-0.4, -0.2) is 23.8 Å². The van der Waals surface area contributed by atoms with E-state index in [0.29, 0.717) is 17.2 Å². The second-order valence-electron chi connectivity index (χ2n) is 7.83. The van der Waals surface area contributed by atoms with Crippen LogP contribution in [0.25, 0.3) is 11.1 Å².